The molecule has 2 fully saturated rings. The smallest absolute Gasteiger partial charge is 0.275 e. The van der Waals surface area contributed by atoms with Crippen LogP contribution in [0.4, 0.5) is 0 Å². The van der Waals surface area contributed by atoms with Crippen molar-refractivity contribution in [3.8, 4) is 11.1 Å². The molecular formula is C29H31N3O4S. The van der Waals surface area contributed by atoms with E-state index < -0.39 is 10.0 Å². The molecule has 37 heavy (non-hydrogen) atoms. The maximum Gasteiger partial charge on any atom is 0.275 e. The maximum atomic E-state index is 13.7. The largest absolute Gasteiger partial charge is 0.381 e. The van der Waals surface area contributed by atoms with Crippen molar-refractivity contribution in [2.45, 2.75) is 31.2 Å². The standard InChI is InChI=1S/C29H31N3O4S/c1-21-6-8-24(9-7-21)37(34,35)32-18-26(25-10-13-30(2)28(33)27(25)32)23-5-3-4-22(16-23)17-31-19-29(20-31)11-14-36-15-12-29/h3-10,13,16,18H,11-12,14-15,17,19-20H2,1-2H3. The molecule has 0 radical (unpaired) electrons. The molecule has 0 saturated carbocycles. The van der Waals surface area contributed by atoms with Gasteiger partial charge in [0.25, 0.3) is 15.6 Å². The van der Waals surface area contributed by atoms with E-state index in [4.69, 9.17) is 4.74 Å². The Balaban J connectivity index is 1.38. The van der Waals surface area contributed by atoms with Gasteiger partial charge in [-0.2, -0.15) is 0 Å². The summed E-state index contributed by atoms with van der Waals surface area (Å²) in [7, 11) is -2.33. The van der Waals surface area contributed by atoms with Crippen molar-refractivity contribution in [1.29, 1.82) is 0 Å². The molecule has 8 heteroatoms. The summed E-state index contributed by atoms with van der Waals surface area (Å²) in [5, 5.41) is 0.626. The number of aryl methyl sites for hydroxylation is 2. The lowest BCUT2D eigenvalue weighted by molar-refractivity contribution is -0.0838. The molecule has 1 spiro atoms. The van der Waals surface area contributed by atoms with E-state index in [1.165, 1.54) is 10.1 Å². The van der Waals surface area contributed by atoms with Gasteiger partial charge in [0.2, 0.25) is 0 Å². The van der Waals surface area contributed by atoms with Crippen LogP contribution in [0.5, 0.6) is 0 Å². The molecule has 2 aliphatic rings. The van der Waals surface area contributed by atoms with Crippen molar-refractivity contribution < 1.29 is 13.2 Å². The number of hydrogen-bond acceptors (Lipinski definition) is 5. The summed E-state index contributed by atoms with van der Waals surface area (Å²) in [6, 6.07) is 16.7. The van der Waals surface area contributed by atoms with E-state index in [-0.39, 0.29) is 16.0 Å². The van der Waals surface area contributed by atoms with Crippen LogP contribution in [0.15, 0.2) is 76.7 Å². The molecule has 2 saturated heterocycles. The van der Waals surface area contributed by atoms with E-state index in [0.29, 0.717) is 10.8 Å². The number of aromatic nitrogens is 2. The van der Waals surface area contributed by atoms with Gasteiger partial charge in [-0.3, -0.25) is 9.69 Å². The molecule has 6 rings (SSSR count). The fourth-order valence-corrected chi connectivity index (χ4v) is 7.14. The van der Waals surface area contributed by atoms with E-state index in [9.17, 15) is 13.2 Å². The highest BCUT2D eigenvalue weighted by Gasteiger charge is 2.43. The number of fused-ring (bicyclic) bond motifs is 1. The van der Waals surface area contributed by atoms with E-state index in [1.807, 2.05) is 25.1 Å². The van der Waals surface area contributed by atoms with Crippen molar-refractivity contribution in [3.63, 3.8) is 0 Å². The van der Waals surface area contributed by atoms with Crippen LogP contribution in [0.3, 0.4) is 0 Å². The Morgan fingerprint density at radius 3 is 2.46 bits per heavy atom. The minimum Gasteiger partial charge on any atom is -0.381 e. The monoisotopic (exact) mass is 517 g/mol. The van der Waals surface area contributed by atoms with Gasteiger partial charge in [-0.05, 0) is 55.2 Å². The highest BCUT2D eigenvalue weighted by molar-refractivity contribution is 7.90. The number of pyridine rings is 1. The van der Waals surface area contributed by atoms with Crippen molar-refractivity contribution >= 4 is 20.9 Å². The van der Waals surface area contributed by atoms with Crippen molar-refractivity contribution in [2.75, 3.05) is 26.3 Å². The number of benzene rings is 2. The number of likely N-dealkylation sites (tertiary alicyclic amines) is 1. The van der Waals surface area contributed by atoms with Crippen LogP contribution in [0.2, 0.25) is 0 Å². The third-order valence-corrected chi connectivity index (χ3v) is 9.57. The van der Waals surface area contributed by atoms with Crippen LogP contribution in [-0.2, 0) is 28.4 Å². The van der Waals surface area contributed by atoms with Gasteiger partial charge in [-0.1, -0.05) is 35.9 Å². The van der Waals surface area contributed by atoms with Gasteiger partial charge in [-0.15, -0.1) is 0 Å². The Hall–Kier alpha value is -3.20. The lowest BCUT2D eigenvalue weighted by atomic mass is 9.73. The van der Waals surface area contributed by atoms with E-state index in [0.717, 1.165) is 66.4 Å². The fraction of sp³-hybridized carbons (Fsp3) is 0.345. The van der Waals surface area contributed by atoms with Crippen LogP contribution in [0, 0.1) is 12.3 Å². The van der Waals surface area contributed by atoms with Gasteiger partial charge < -0.3 is 9.30 Å². The van der Waals surface area contributed by atoms with Crippen LogP contribution in [0.25, 0.3) is 22.0 Å². The molecule has 0 atom stereocenters. The van der Waals surface area contributed by atoms with Gasteiger partial charge >= 0.3 is 0 Å². The van der Waals surface area contributed by atoms with Crippen LogP contribution >= 0.6 is 0 Å². The van der Waals surface area contributed by atoms with Crippen molar-refractivity contribution in [3.05, 3.63) is 88.5 Å². The second-order valence-corrected chi connectivity index (χ2v) is 12.4. The SMILES string of the molecule is Cc1ccc(S(=O)(=O)n2cc(-c3cccc(CN4CC5(CCOCC5)C4)c3)c3ccn(C)c(=O)c32)cc1. The maximum absolute atomic E-state index is 13.7. The first-order valence-electron chi connectivity index (χ1n) is 12.7. The first-order valence-corrected chi connectivity index (χ1v) is 14.1. The molecule has 0 unspecified atom stereocenters. The zero-order valence-corrected chi connectivity index (χ0v) is 22.0. The van der Waals surface area contributed by atoms with Crippen molar-refractivity contribution in [2.24, 2.45) is 12.5 Å². The Labute approximate surface area is 217 Å². The summed E-state index contributed by atoms with van der Waals surface area (Å²) < 4.78 is 35.5. The Morgan fingerprint density at radius 2 is 1.73 bits per heavy atom. The molecule has 7 nitrogen and oxygen atoms in total. The summed E-state index contributed by atoms with van der Waals surface area (Å²) in [6.45, 7) is 6.65. The van der Waals surface area contributed by atoms with Gasteiger partial charge in [0.1, 0.15) is 5.52 Å². The predicted octanol–water partition coefficient (Wildman–Crippen LogP) is 4.16. The molecule has 0 N–H and O–H groups in total. The average molecular weight is 518 g/mol. The highest BCUT2D eigenvalue weighted by atomic mass is 32.2. The molecule has 0 aliphatic carbocycles. The van der Waals surface area contributed by atoms with Crippen LogP contribution < -0.4 is 5.56 Å². The van der Waals surface area contributed by atoms with E-state index in [1.54, 1.807) is 43.7 Å². The number of hydrogen-bond donors (Lipinski definition) is 0. The molecule has 2 aromatic carbocycles. The Morgan fingerprint density at radius 1 is 1.00 bits per heavy atom. The molecule has 2 aliphatic heterocycles. The Kier molecular flexibility index (Phi) is 5.86. The summed E-state index contributed by atoms with van der Waals surface area (Å²) in [5.74, 6) is 0. The molecule has 2 aromatic heterocycles. The van der Waals surface area contributed by atoms with Crippen LogP contribution in [-0.4, -0.2) is 48.2 Å². The molecule has 0 bridgehead atoms. The van der Waals surface area contributed by atoms with Gasteiger partial charge in [-0.25, -0.2) is 12.4 Å². The number of rotatable bonds is 5. The van der Waals surface area contributed by atoms with Crippen molar-refractivity contribution in [1.82, 2.24) is 13.4 Å². The molecule has 0 amide bonds. The molecule has 4 heterocycles. The zero-order chi connectivity index (χ0) is 25.8. The zero-order valence-electron chi connectivity index (χ0n) is 21.2. The van der Waals surface area contributed by atoms with E-state index >= 15 is 0 Å². The molecule has 192 valence electrons. The molecular weight excluding hydrogens is 486 g/mol. The lowest BCUT2D eigenvalue weighted by Gasteiger charge is -2.52. The minimum absolute atomic E-state index is 0.154. The first kappa shape index (κ1) is 24.2. The minimum atomic E-state index is -3.96. The highest BCUT2D eigenvalue weighted by Crippen LogP contribution is 2.40. The van der Waals surface area contributed by atoms with Gasteiger partial charge in [0, 0.05) is 68.7 Å². The first-order chi connectivity index (χ1) is 17.8. The van der Waals surface area contributed by atoms with Crippen LogP contribution in [0.1, 0.15) is 24.0 Å². The number of nitrogens with zero attached hydrogens (tertiary/aromatic N) is 3. The third kappa shape index (κ3) is 4.23. The Bertz CT molecular complexity index is 1640. The predicted molar refractivity (Wildman–Crippen MR) is 144 cm³/mol. The fourth-order valence-electron chi connectivity index (χ4n) is 5.77. The second kappa shape index (κ2) is 8.97. The van der Waals surface area contributed by atoms with Gasteiger partial charge in [0.15, 0.2) is 0 Å². The second-order valence-electron chi connectivity index (χ2n) is 10.6. The van der Waals surface area contributed by atoms with Gasteiger partial charge in [0.05, 0.1) is 4.90 Å². The number of ether oxygens (including phenoxy) is 1. The van der Waals surface area contributed by atoms with E-state index in [2.05, 4.69) is 17.0 Å². The normalized spacial score (nSPS) is 17.8. The third-order valence-electron chi connectivity index (χ3n) is 7.89. The topological polar surface area (TPSA) is 73.5 Å². The summed E-state index contributed by atoms with van der Waals surface area (Å²) >= 11 is 0. The lowest BCUT2D eigenvalue weighted by Crippen LogP contribution is -2.57. The average Bonchev–Trinajstić information content (AvgIpc) is 3.28. The quantitative estimate of drug-likeness (QED) is 0.397. The summed E-state index contributed by atoms with van der Waals surface area (Å²) in [6.07, 6.45) is 5.55. The molecule has 4 aromatic rings. The summed E-state index contributed by atoms with van der Waals surface area (Å²) in [5.41, 5.74) is 3.99. The summed E-state index contributed by atoms with van der Waals surface area (Å²) in [4.78, 5) is 15.8.